The summed E-state index contributed by atoms with van der Waals surface area (Å²) < 4.78 is 5.43. The molecule has 2 heterocycles. The standard InChI is InChI=1S/C30H42N8O3/c1-4-5-10-20(16-39)34-28-24-18(2)14-15-19(25(24)35-29(31)38-28)9-6-7-11-21(17-40)33-27-22-12-8-13-23(41-3)26(22)36-30(32)37-27/h8,12-15,20-21,39-40H,4-7,9-11,16-17H2,1-3H3,(H3,31,34,35,38)(H3,32,33,36,37)/t20-,21-/m1/s1. The molecule has 41 heavy (non-hydrogen) atoms. The Labute approximate surface area is 240 Å². The van der Waals surface area contributed by atoms with E-state index in [1.165, 1.54) is 0 Å². The SMILES string of the molecule is CCCC[C@H](CO)Nc1nc(N)nc2c(CCCC[C@H](CO)Nc3nc(N)nc4c(OC)cccc34)ccc(C)c12. The molecule has 0 saturated heterocycles. The van der Waals surface area contributed by atoms with E-state index >= 15 is 0 Å². The van der Waals surface area contributed by atoms with E-state index in [0.717, 1.165) is 72.4 Å². The number of anilines is 4. The second kappa shape index (κ2) is 14.1. The summed E-state index contributed by atoms with van der Waals surface area (Å²) in [7, 11) is 1.59. The van der Waals surface area contributed by atoms with Crippen LogP contribution in [0.3, 0.4) is 0 Å². The number of benzene rings is 2. The van der Waals surface area contributed by atoms with Gasteiger partial charge in [0.2, 0.25) is 11.9 Å². The highest BCUT2D eigenvalue weighted by molar-refractivity contribution is 5.95. The lowest BCUT2D eigenvalue weighted by Crippen LogP contribution is -2.25. The molecule has 4 aromatic rings. The van der Waals surface area contributed by atoms with Gasteiger partial charge in [0, 0.05) is 10.8 Å². The Balaban J connectivity index is 1.46. The first-order valence-corrected chi connectivity index (χ1v) is 14.3. The van der Waals surface area contributed by atoms with Crippen molar-refractivity contribution in [2.75, 3.05) is 42.4 Å². The predicted octanol–water partition coefficient (Wildman–Crippen LogP) is 4.20. The highest BCUT2D eigenvalue weighted by atomic mass is 16.5. The maximum atomic E-state index is 10.1. The van der Waals surface area contributed by atoms with Gasteiger partial charge in [-0.15, -0.1) is 0 Å². The maximum Gasteiger partial charge on any atom is 0.222 e. The van der Waals surface area contributed by atoms with Crippen molar-refractivity contribution in [2.24, 2.45) is 0 Å². The minimum Gasteiger partial charge on any atom is -0.494 e. The predicted molar refractivity (Wildman–Crippen MR) is 165 cm³/mol. The minimum atomic E-state index is -0.208. The van der Waals surface area contributed by atoms with Gasteiger partial charge < -0.3 is 37.1 Å². The van der Waals surface area contributed by atoms with Gasteiger partial charge >= 0.3 is 0 Å². The van der Waals surface area contributed by atoms with Gasteiger partial charge in [0.25, 0.3) is 0 Å². The van der Waals surface area contributed by atoms with Gasteiger partial charge in [0.05, 0.1) is 37.9 Å². The van der Waals surface area contributed by atoms with Crippen LogP contribution in [-0.4, -0.2) is 62.6 Å². The van der Waals surface area contributed by atoms with E-state index in [1.54, 1.807) is 7.11 Å². The Morgan fingerprint density at radius 1 is 0.829 bits per heavy atom. The highest BCUT2D eigenvalue weighted by Crippen LogP contribution is 2.31. The van der Waals surface area contributed by atoms with Gasteiger partial charge in [0.1, 0.15) is 22.9 Å². The van der Waals surface area contributed by atoms with Gasteiger partial charge in [-0.1, -0.05) is 44.4 Å². The summed E-state index contributed by atoms with van der Waals surface area (Å²) in [5, 5.41) is 28.5. The van der Waals surface area contributed by atoms with Gasteiger partial charge in [-0.3, -0.25) is 0 Å². The summed E-state index contributed by atoms with van der Waals surface area (Å²) in [6.45, 7) is 4.14. The monoisotopic (exact) mass is 562 g/mol. The molecular formula is C30H42N8O3. The quantitative estimate of drug-likeness (QED) is 0.114. The zero-order chi connectivity index (χ0) is 29.4. The number of aromatic nitrogens is 4. The number of rotatable bonds is 15. The molecule has 0 aliphatic heterocycles. The fourth-order valence-corrected chi connectivity index (χ4v) is 5.16. The van der Waals surface area contributed by atoms with Crippen LogP contribution in [-0.2, 0) is 6.42 Å². The van der Waals surface area contributed by atoms with Crippen LogP contribution in [0.25, 0.3) is 21.8 Å². The number of ether oxygens (including phenoxy) is 1. The first-order valence-electron chi connectivity index (χ1n) is 14.3. The number of fused-ring (bicyclic) bond motifs is 2. The van der Waals surface area contributed by atoms with Crippen molar-refractivity contribution in [3.05, 3.63) is 41.5 Å². The third kappa shape index (κ3) is 7.22. The van der Waals surface area contributed by atoms with Crippen LogP contribution < -0.4 is 26.8 Å². The van der Waals surface area contributed by atoms with Gasteiger partial charge in [0.15, 0.2) is 0 Å². The zero-order valence-electron chi connectivity index (χ0n) is 24.2. The smallest absolute Gasteiger partial charge is 0.222 e. The number of para-hydroxylation sites is 1. The third-order valence-electron chi connectivity index (χ3n) is 7.36. The van der Waals surface area contributed by atoms with Crippen molar-refractivity contribution < 1.29 is 14.9 Å². The molecule has 2 aromatic heterocycles. The Kier molecular flexibility index (Phi) is 10.3. The van der Waals surface area contributed by atoms with E-state index in [-0.39, 0.29) is 37.2 Å². The number of unbranched alkanes of at least 4 members (excludes halogenated alkanes) is 2. The van der Waals surface area contributed by atoms with Gasteiger partial charge in [-0.05, 0) is 55.9 Å². The molecule has 2 aromatic carbocycles. The van der Waals surface area contributed by atoms with E-state index in [2.05, 4.69) is 49.6 Å². The topological polar surface area (TPSA) is 177 Å². The third-order valence-corrected chi connectivity index (χ3v) is 7.36. The van der Waals surface area contributed by atoms with Crippen LogP contribution in [0.2, 0.25) is 0 Å². The zero-order valence-corrected chi connectivity index (χ0v) is 24.2. The lowest BCUT2D eigenvalue weighted by Gasteiger charge is -2.20. The lowest BCUT2D eigenvalue weighted by molar-refractivity contribution is 0.266. The Bertz CT molecular complexity index is 1470. The summed E-state index contributed by atoms with van der Waals surface area (Å²) in [5.74, 6) is 2.19. The number of aryl methyl sites for hydroxylation is 2. The highest BCUT2D eigenvalue weighted by Gasteiger charge is 2.17. The normalized spacial score (nSPS) is 12.9. The van der Waals surface area contributed by atoms with Crippen LogP contribution >= 0.6 is 0 Å². The molecular weight excluding hydrogens is 520 g/mol. The van der Waals surface area contributed by atoms with Crippen molar-refractivity contribution in [1.29, 1.82) is 0 Å². The van der Waals surface area contributed by atoms with Crippen LogP contribution in [0, 0.1) is 6.92 Å². The van der Waals surface area contributed by atoms with E-state index in [1.807, 2.05) is 25.1 Å². The molecule has 0 amide bonds. The molecule has 11 nitrogen and oxygen atoms in total. The molecule has 220 valence electrons. The number of nitrogens with one attached hydrogen (secondary N) is 2. The average molecular weight is 563 g/mol. The summed E-state index contributed by atoms with van der Waals surface area (Å²) in [6.07, 6.45) is 6.20. The van der Waals surface area contributed by atoms with Crippen molar-refractivity contribution in [3.63, 3.8) is 0 Å². The number of hydrogen-bond acceptors (Lipinski definition) is 11. The molecule has 0 fully saturated rings. The molecule has 0 unspecified atom stereocenters. The fourth-order valence-electron chi connectivity index (χ4n) is 5.16. The van der Waals surface area contributed by atoms with Crippen molar-refractivity contribution >= 4 is 45.3 Å². The maximum absolute atomic E-state index is 10.1. The van der Waals surface area contributed by atoms with Crippen LogP contribution in [0.4, 0.5) is 23.5 Å². The number of nitrogen functional groups attached to an aromatic ring is 2. The molecule has 4 rings (SSSR count). The van der Waals surface area contributed by atoms with Crippen LogP contribution in [0.1, 0.15) is 56.6 Å². The molecule has 0 radical (unpaired) electrons. The van der Waals surface area contributed by atoms with Crippen LogP contribution in [0.5, 0.6) is 5.75 Å². The van der Waals surface area contributed by atoms with Crippen molar-refractivity contribution in [1.82, 2.24) is 19.9 Å². The summed E-state index contributed by atoms with van der Waals surface area (Å²) in [6, 6.07) is 9.48. The number of aliphatic hydroxyl groups is 2. The Hall–Kier alpha value is -3.96. The molecule has 0 spiro atoms. The molecule has 0 bridgehead atoms. The van der Waals surface area contributed by atoms with E-state index in [9.17, 15) is 10.2 Å². The van der Waals surface area contributed by atoms with E-state index in [4.69, 9.17) is 16.2 Å². The number of nitrogens with two attached hydrogens (primary N) is 2. The Morgan fingerprint density at radius 2 is 1.49 bits per heavy atom. The second-order valence-corrected chi connectivity index (χ2v) is 10.4. The molecule has 0 aliphatic rings. The molecule has 11 heteroatoms. The number of methoxy groups -OCH3 is 1. The minimum absolute atomic E-state index is 0.0230. The summed E-state index contributed by atoms with van der Waals surface area (Å²) in [5.41, 5.74) is 15.7. The summed E-state index contributed by atoms with van der Waals surface area (Å²) in [4.78, 5) is 17.8. The lowest BCUT2D eigenvalue weighted by atomic mass is 9.99. The second-order valence-electron chi connectivity index (χ2n) is 10.4. The van der Waals surface area contributed by atoms with Gasteiger partial charge in [-0.25, -0.2) is 9.97 Å². The average Bonchev–Trinajstić information content (AvgIpc) is 2.97. The largest absolute Gasteiger partial charge is 0.494 e. The molecule has 2 atom stereocenters. The number of aliphatic hydroxyl groups excluding tert-OH is 2. The van der Waals surface area contributed by atoms with E-state index in [0.29, 0.717) is 22.9 Å². The molecule has 0 aliphatic carbocycles. The fraction of sp³-hybridized carbons (Fsp3) is 0.467. The van der Waals surface area contributed by atoms with Gasteiger partial charge in [-0.2, -0.15) is 9.97 Å². The number of nitrogens with zero attached hydrogens (tertiary/aromatic N) is 4. The first kappa shape index (κ1) is 30.0. The van der Waals surface area contributed by atoms with E-state index < -0.39 is 0 Å². The van der Waals surface area contributed by atoms with Crippen molar-refractivity contribution in [3.8, 4) is 5.75 Å². The molecule has 8 N–H and O–H groups in total. The van der Waals surface area contributed by atoms with Crippen molar-refractivity contribution in [2.45, 2.75) is 70.9 Å². The Morgan fingerprint density at radius 3 is 2.17 bits per heavy atom. The van der Waals surface area contributed by atoms with Crippen LogP contribution in [0.15, 0.2) is 30.3 Å². The first-order chi connectivity index (χ1) is 19.9. The number of hydrogen-bond donors (Lipinski definition) is 6. The summed E-state index contributed by atoms with van der Waals surface area (Å²) >= 11 is 0. The molecule has 0 saturated carbocycles.